The maximum Gasteiger partial charge on any atom is 0.406 e. The Bertz CT molecular complexity index is 443. The normalized spacial score (nSPS) is 19.7. The number of hydrogen-bond acceptors (Lipinski definition) is 4. The topological polar surface area (TPSA) is 73.0 Å². The molecule has 100 valence electrons. The fraction of sp³-hybridized carbons (Fsp3) is 0.750. The van der Waals surface area contributed by atoms with Crippen molar-refractivity contribution in [3.8, 4) is 0 Å². The molecule has 18 heavy (non-hydrogen) atoms. The van der Waals surface area contributed by atoms with E-state index >= 15 is 0 Å². The molecular formula is C12H20N4O2. The van der Waals surface area contributed by atoms with E-state index in [2.05, 4.69) is 24.1 Å². The molecule has 1 fully saturated rings. The molecule has 1 aromatic heterocycles. The van der Waals surface area contributed by atoms with Gasteiger partial charge in [0.1, 0.15) is 0 Å². The van der Waals surface area contributed by atoms with Crippen molar-refractivity contribution < 1.29 is 4.92 Å². The van der Waals surface area contributed by atoms with Crippen LogP contribution in [0.5, 0.6) is 0 Å². The Morgan fingerprint density at radius 2 is 2.11 bits per heavy atom. The van der Waals surface area contributed by atoms with E-state index < -0.39 is 4.92 Å². The van der Waals surface area contributed by atoms with Gasteiger partial charge in [0.05, 0.1) is 0 Å². The highest BCUT2D eigenvalue weighted by molar-refractivity contribution is 5.52. The van der Waals surface area contributed by atoms with Crippen LogP contribution >= 0.6 is 0 Å². The molecule has 0 spiro atoms. The molecule has 0 amide bonds. The maximum atomic E-state index is 10.9. The lowest BCUT2D eigenvalue weighted by molar-refractivity contribution is -0.388. The highest BCUT2D eigenvalue weighted by atomic mass is 16.6. The van der Waals surface area contributed by atoms with Crippen LogP contribution in [-0.2, 0) is 7.05 Å². The second kappa shape index (κ2) is 4.59. The maximum absolute atomic E-state index is 10.9. The van der Waals surface area contributed by atoms with Crippen molar-refractivity contribution in [2.24, 2.45) is 12.5 Å². The molecule has 0 aromatic carbocycles. The summed E-state index contributed by atoms with van der Waals surface area (Å²) in [7, 11) is 1.77. The van der Waals surface area contributed by atoms with E-state index in [4.69, 9.17) is 0 Å². The summed E-state index contributed by atoms with van der Waals surface area (Å²) in [5.41, 5.74) is 0.399. The van der Waals surface area contributed by atoms with Gasteiger partial charge in [-0.25, -0.2) is 0 Å². The van der Waals surface area contributed by atoms with Gasteiger partial charge < -0.3 is 15.4 Å². The molecule has 2 rings (SSSR count). The van der Waals surface area contributed by atoms with Gasteiger partial charge in [-0.2, -0.15) is 0 Å². The molecule has 1 aliphatic carbocycles. The zero-order valence-electron chi connectivity index (χ0n) is 11.1. The van der Waals surface area contributed by atoms with E-state index in [9.17, 15) is 10.1 Å². The monoisotopic (exact) mass is 252 g/mol. The van der Waals surface area contributed by atoms with Crippen molar-refractivity contribution in [3.05, 3.63) is 16.4 Å². The second-order valence-corrected chi connectivity index (χ2v) is 5.87. The highest BCUT2D eigenvalue weighted by Crippen LogP contribution is 2.36. The van der Waals surface area contributed by atoms with Crippen LogP contribution < -0.4 is 5.32 Å². The van der Waals surface area contributed by atoms with Gasteiger partial charge in [-0.05, 0) is 41.0 Å². The first-order valence-corrected chi connectivity index (χ1v) is 6.31. The molecule has 1 N–H and O–H groups in total. The average Bonchev–Trinajstić information content (AvgIpc) is 2.64. The van der Waals surface area contributed by atoms with Crippen LogP contribution in [0.2, 0.25) is 0 Å². The van der Waals surface area contributed by atoms with Crippen molar-refractivity contribution in [2.75, 3.05) is 5.32 Å². The third kappa shape index (κ3) is 2.63. The molecule has 0 aliphatic heterocycles. The van der Waals surface area contributed by atoms with Crippen LogP contribution in [0, 0.1) is 15.5 Å². The number of anilines is 1. The van der Waals surface area contributed by atoms with Crippen LogP contribution in [0.1, 0.15) is 39.5 Å². The molecule has 6 nitrogen and oxygen atoms in total. The number of nitrogens with one attached hydrogen (secondary N) is 1. The number of aromatic nitrogens is 2. The van der Waals surface area contributed by atoms with Gasteiger partial charge in [0, 0.05) is 13.1 Å². The van der Waals surface area contributed by atoms with Crippen molar-refractivity contribution >= 4 is 11.6 Å². The standard InChI is InChI=1S/C12H20N4O2/c1-12(2)6-4-9(5-7-12)14-11-10(16(17)18)13-8-15(11)3/h8-9,14H,4-7H2,1-3H3. The van der Waals surface area contributed by atoms with E-state index in [0.717, 1.165) is 25.7 Å². The molecule has 1 aromatic rings. The first-order valence-electron chi connectivity index (χ1n) is 6.31. The summed E-state index contributed by atoms with van der Waals surface area (Å²) in [6.07, 6.45) is 5.88. The Morgan fingerprint density at radius 3 is 2.67 bits per heavy atom. The van der Waals surface area contributed by atoms with Gasteiger partial charge in [0.15, 0.2) is 0 Å². The molecule has 0 radical (unpaired) electrons. The Kier molecular flexibility index (Phi) is 3.28. The fourth-order valence-corrected chi connectivity index (χ4v) is 2.45. The lowest BCUT2D eigenvalue weighted by atomic mass is 9.75. The predicted molar refractivity (Wildman–Crippen MR) is 69.5 cm³/mol. The number of imidazole rings is 1. The Balaban J connectivity index is 2.06. The van der Waals surface area contributed by atoms with Crippen LogP contribution in [-0.4, -0.2) is 20.5 Å². The molecule has 0 saturated heterocycles. The zero-order chi connectivity index (χ0) is 13.3. The van der Waals surface area contributed by atoms with Gasteiger partial charge in [0.2, 0.25) is 12.1 Å². The molecule has 1 saturated carbocycles. The van der Waals surface area contributed by atoms with Gasteiger partial charge in [0.25, 0.3) is 0 Å². The molecule has 0 atom stereocenters. The van der Waals surface area contributed by atoms with Gasteiger partial charge in [-0.15, -0.1) is 0 Å². The first-order chi connectivity index (χ1) is 8.39. The Labute approximate surface area is 107 Å². The molecule has 1 heterocycles. The molecule has 1 aliphatic rings. The van der Waals surface area contributed by atoms with Crippen molar-refractivity contribution in [1.82, 2.24) is 9.55 Å². The van der Waals surface area contributed by atoms with E-state index in [1.54, 1.807) is 11.6 Å². The van der Waals surface area contributed by atoms with E-state index in [1.807, 2.05) is 0 Å². The quantitative estimate of drug-likeness (QED) is 0.663. The van der Waals surface area contributed by atoms with Crippen molar-refractivity contribution in [2.45, 2.75) is 45.6 Å². The number of aryl methyl sites for hydroxylation is 1. The lowest BCUT2D eigenvalue weighted by Crippen LogP contribution is -2.30. The summed E-state index contributed by atoms with van der Waals surface area (Å²) in [6, 6.07) is 0.312. The van der Waals surface area contributed by atoms with Gasteiger partial charge in [-0.1, -0.05) is 13.8 Å². The van der Waals surface area contributed by atoms with Gasteiger partial charge >= 0.3 is 5.82 Å². The minimum absolute atomic E-state index is 0.0812. The van der Waals surface area contributed by atoms with Crippen LogP contribution in [0.4, 0.5) is 11.6 Å². The first kappa shape index (κ1) is 12.9. The fourth-order valence-electron chi connectivity index (χ4n) is 2.45. The smallest absolute Gasteiger partial charge is 0.362 e. The number of hydrogen-bond donors (Lipinski definition) is 1. The second-order valence-electron chi connectivity index (χ2n) is 5.87. The minimum Gasteiger partial charge on any atom is -0.362 e. The summed E-state index contributed by atoms with van der Waals surface area (Å²) >= 11 is 0. The SMILES string of the molecule is Cn1cnc([N+](=O)[O-])c1NC1CCC(C)(C)CC1. The summed E-state index contributed by atoms with van der Waals surface area (Å²) in [5, 5.41) is 14.1. The largest absolute Gasteiger partial charge is 0.406 e. The molecule has 6 heteroatoms. The molecule has 0 bridgehead atoms. The minimum atomic E-state index is -0.435. The Hall–Kier alpha value is -1.59. The average molecular weight is 252 g/mol. The summed E-state index contributed by atoms with van der Waals surface area (Å²) in [5.74, 6) is 0.437. The summed E-state index contributed by atoms with van der Waals surface area (Å²) in [6.45, 7) is 4.55. The van der Waals surface area contributed by atoms with Gasteiger partial charge in [-0.3, -0.25) is 4.57 Å². The summed E-state index contributed by atoms with van der Waals surface area (Å²) < 4.78 is 1.68. The number of rotatable bonds is 3. The van der Waals surface area contributed by atoms with E-state index in [1.165, 1.54) is 6.33 Å². The number of nitro groups is 1. The van der Waals surface area contributed by atoms with Crippen LogP contribution in [0.3, 0.4) is 0 Å². The van der Waals surface area contributed by atoms with Crippen molar-refractivity contribution in [1.29, 1.82) is 0 Å². The predicted octanol–water partition coefficient (Wildman–Crippen LogP) is 2.71. The van der Waals surface area contributed by atoms with Crippen LogP contribution in [0.15, 0.2) is 6.33 Å². The van der Waals surface area contributed by atoms with Crippen LogP contribution in [0.25, 0.3) is 0 Å². The number of nitrogens with zero attached hydrogens (tertiary/aromatic N) is 3. The third-order valence-corrected chi connectivity index (χ3v) is 3.77. The Morgan fingerprint density at radius 1 is 1.50 bits per heavy atom. The molecular weight excluding hydrogens is 232 g/mol. The van der Waals surface area contributed by atoms with E-state index in [-0.39, 0.29) is 5.82 Å². The van der Waals surface area contributed by atoms with E-state index in [0.29, 0.717) is 17.3 Å². The zero-order valence-corrected chi connectivity index (χ0v) is 11.1. The lowest BCUT2D eigenvalue weighted by Gasteiger charge is -2.34. The van der Waals surface area contributed by atoms with Crippen molar-refractivity contribution in [3.63, 3.8) is 0 Å². The third-order valence-electron chi connectivity index (χ3n) is 3.77. The molecule has 0 unspecified atom stereocenters. The summed E-state index contributed by atoms with van der Waals surface area (Å²) in [4.78, 5) is 14.2. The highest BCUT2D eigenvalue weighted by Gasteiger charge is 2.29.